The SMILES string of the molecule is CC/C=C1/C[C@@H](O)CC[C@]1(C)[C@H](C)CC[C@]1(C)C(=O)CC[C@H]1C. The summed E-state index contributed by atoms with van der Waals surface area (Å²) < 4.78 is 0. The van der Waals surface area contributed by atoms with Crippen molar-refractivity contribution in [2.24, 2.45) is 22.7 Å². The van der Waals surface area contributed by atoms with Gasteiger partial charge in [-0.25, -0.2) is 0 Å². The largest absolute Gasteiger partial charge is 0.393 e. The lowest BCUT2D eigenvalue weighted by Crippen LogP contribution is -2.36. The third-order valence-corrected chi connectivity index (χ3v) is 7.35. The number of ketones is 1. The second-order valence-electron chi connectivity index (χ2n) is 8.67. The number of carbonyl (C=O) groups is 1. The Hall–Kier alpha value is -0.630. The Bertz CT molecular complexity index is 466. The Balaban J connectivity index is 2.08. The van der Waals surface area contributed by atoms with Gasteiger partial charge in [0, 0.05) is 11.8 Å². The maximum absolute atomic E-state index is 12.3. The summed E-state index contributed by atoms with van der Waals surface area (Å²) in [7, 11) is 0. The third kappa shape index (κ3) is 3.57. The molecule has 2 rings (SSSR count). The average molecular weight is 321 g/mol. The van der Waals surface area contributed by atoms with E-state index in [1.807, 2.05) is 0 Å². The van der Waals surface area contributed by atoms with Gasteiger partial charge < -0.3 is 5.11 Å². The molecule has 0 bridgehead atoms. The van der Waals surface area contributed by atoms with Gasteiger partial charge in [0.25, 0.3) is 0 Å². The van der Waals surface area contributed by atoms with E-state index in [0.717, 1.165) is 51.4 Å². The van der Waals surface area contributed by atoms with Gasteiger partial charge >= 0.3 is 0 Å². The second kappa shape index (κ2) is 7.09. The topological polar surface area (TPSA) is 37.3 Å². The van der Waals surface area contributed by atoms with Gasteiger partial charge in [-0.05, 0) is 62.2 Å². The van der Waals surface area contributed by atoms with Gasteiger partial charge in [0.2, 0.25) is 0 Å². The molecule has 0 spiro atoms. The van der Waals surface area contributed by atoms with Crippen LogP contribution in [0.25, 0.3) is 0 Å². The van der Waals surface area contributed by atoms with Gasteiger partial charge in [0.05, 0.1) is 6.10 Å². The van der Waals surface area contributed by atoms with Crippen molar-refractivity contribution in [1.82, 2.24) is 0 Å². The molecule has 0 saturated heterocycles. The van der Waals surface area contributed by atoms with Gasteiger partial charge in [0.1, 0.15) is 5.78 Å². The highest BCUT2D eigenvalue weighted by molar-refractivity contribution is 5.86. The summed E-state index contributed by atoms with van der Waals surface area (Å²) in [5, 5.41) is 10.0. The predicted octanol–water partition coefficient (Wildman–Crippen LogP) is 5.30. The first-order valence-electron chi connectivity index (χ1n) is 9.65. The Morgan fingerprint density at radius 3 is 2.61 bits per heavy atom. The molecule has 2 fully saturated rings. The van der Waals surface area contributed by atoms with E-state index in [2.05, 4.69) is 40.7 Å². The van der Waals surface area contributed by atoms with E-state index >= 15 is 0 Å². The van der Waals surface area contributed by atoms with Crippen molar-refractivity contribution in [2.45, 2.75) is 92.1 Å². The lowest BCUT2D eigenvalue weighted by molar-refractivity contribution is -0.126. The van der Waals surface area contributed by atoms with Crippen LogP contribution >= 0.6 is 0 Å². The molecule has 0 aromatic carbocycles. The zero-order valence-electron chi connectivity index (χ0n) is 15.8. The van der Waals surface area contributed by atoms with Crippen LogP contribution in [0.5, 0.6) is 0 Å². The van der Waals surface area contributed by atoms with Crippen molar-refractivity contribution in [2.75, 3.05) is 0 Å². The first-order valence-corrected chi connectivity index (χ1v) is 9.65. The molecular weight excluding hydrogens is 284 g/mol. The molecule has 0 heterocycles. The van der Waals surface area contributed by atoms with Gasteiger partial charge in [-0.15, -0.1) is 0 Å². The van der Waals surface area contributed by atoms with Gasteiger partial charge in [-0.1, -0.05) is 46.3 Å². The van der Waals surface area contributed by atoms with E-state index in [1.54, 1.807) is 0 Å². The molecule has 23 heavy (non-hydrogen) atoms. The predicted molar refractivity (Wildman–Crippen MR) is 96.2 cm³/mol. The maximum atomic E-state index is 12.3. The Morgan fingerprint density at radius 2 is 2.04 bits per heavy atom. The molecular formula is C21H36O2. The molecule has 2 nitrogen and oxygen atoms in total. The minimum Gasteiger partial charge on any atom is -0.393 e. The number of aliphatic hydroxyl groups excluding tert-OH is 1. The van der Waals surface area contributed by atoms with Crippen molar-refractivity contribution in [1.29, 1.82) is 0 Å². The van der Waals surface area contributed by atoms with Crippen LogP contribution in [0.1, 0.15) is 86.0 Å². The van der Waals surface area contributed by atoms with Crippen LogP contribution in [0.2, 0.25) is 0 Å². The molecule has 2 saturated carbocycles. The molecule has 132 valence electrons. The highest BCUT2D eigenvalue weighted by atomic mass is 16.3. The van der Waals surface area contributed by atoms with Crippen molar-refractivity contribution in [3.63, 3.8) is 0 Å². The molecule has 0 radical (unpaired) electrons. The smallest absolute Gasteiger partial charge is 0.139 e. The minimum atomic E-state index is -0.165. The molecule has 0 aliphatic heterocycles. The fourth-order valence-corrected chi connectivity index (χ4v) is 4.79. The van der Waals surface area contributed by atoms with Crippen LogP contribution in [-0.2, 0) is 4.79 Å². The zero-order valence-corrected chi connectivity index (χ0v) is 15.8. The summed E-state index contributed by atoms with van der Waals surface area (Å²) in [4.78, 5) is 12.3. The van der Waals surface area contributed by atoms with E-state index in [9.17, 15) is 9.90 Å². The number of aliphatic hydroxyl groups is 1. The molecule has 5 atom stereocenters. The van der Waals surface area contributed by atoms with E-state index in [0.29, 0.717) is 17.6 Å². The van der Waals surface area contributed by atoms with Crippen molar-refractivity contribution in [3.8, 4) is 0 Å². The lowest BCUT2D eigenvalue weighted by Gasteiger charge is -2.44. The van der Waals surface area contributed by atoms with Crippen LogP contribution in [0, 0.1) is 22.7 Å². The lowest BCUT2D eigenvalue weighted by atomic mass is 9.61. The standard InChI is InChI=1S/C21H36O2/c1-6-7-17-14-18(22)11-13-20(17,4)16(3)10-12-21(5)15(2)8-9-19(21)23/h7,15-16,18,22H,6,8-14H2,1-5H3/b17-7-/t15-,16-,18+,20-,21+/m1/s1. The van der Waals surface area contributed by atoms with E-state index in [1.165, 1.54) is 5.57 Å². The van der Waals surface area contributed by atoms with Crippen molar-refractivity contribution in [3.05, 3.63) is 11.6 Å². The number of Topliss-reactive ketones (excluding diaryl/α,β-unsaturated/α-hetero) is 1. The monoisotopic (exact) mass is 320 g/mol. The molecule has 0 unspecified atom stereocenters. The van der Waals surface area contributed by atoms with Gasteiger partial charge in [0.15, 0.2) is 0 Å². The van der Waals surface area contributed by atoms with Crippen LogP contribution < -0.4 is 0 Å². The first-order chi connectivity index (χ1) is 10.7. The molecule has 0 amide bonds. The highest BCUT2D eigenvalue weighted by Crippen LogP contribution is 2.50. The number of carbonyl (C=O) groups excluding carboxylic acids is 1. The minimum absolute atomic E-state index is 0.104. The third-order valence-electron chi connectivity index (χ3n) is 7.35. The normalized spacial score (nSPS) is 41.5. The highest BCUT2D eigenvalue weighted by Gasteiger charge is 2.45. The molecule has 2 aliphatic rings. The van der Waals surface area contributed by atoms with Crippen LogP contribution in [0.4, 0.5) is 0 Å². The average Bonchev–Trinajstić information content (AvgIpc) is 2.77. The molecule has 2 aliphatic carbocycles. The summed E-state index contributed by atoms with van der Waals surface area (Å²) in [6.45, 7) is 11.4. The van der Waals surface area contributed by atoms with Crippen molar-refractivity contribution < 1.29 is 9.90 Å². The van der Waals surface area contributed by atoms with Crippen molar-refractivity contribution >= 4 is 5.78 Å². The molecule has 0 aromatic heterocycles. The Labute approximate surface area is 142 Å². The number of hydrogen-bond donors (Lipinski definition) is 1. The summed E-state index contributed by atoms with van der Waals surface area (Å²) in [5.41, 5.74) is 1.53. The fourth-order valence-electron chi connectivity index (χ4n) is 4.79. The zero-order chi connectivity index (χ0) is 17.3. The number of hydrogen-bond acceptors (Lipinski definition) is 2. The summed E-state index contributed by atoms with van der Waals surface area (Å²) >= 11 is 0. The van der Waals surface area contributed by atoms with Crippen LogP contribution in [-0.4, -0.2) is 17.0 Å². The van der Waals surface area contributed by atoms with Gasteiger partial charge in [-0.3, -0.25) is 4.79 Å². The van der Waals surface area contributed by atoms with E-state index in [-0.39, 0.29) is 16.9 Å². The Morgan fingerprint density at radius 1 is 1.35 bits per heavy atom. The fraction of sp³-hybridized carbons (Fsp3) is 0.857. The van der Waals surface area contributed by atoms with E-state index in [4.69, 9.17) is 0 Å². The quantitative estimate of drug-likeness (QED) is 0.698. The second-order valence-corrected chi connectivity index (χ2v) is 8.67. The first kappa shape index (κ1) is 18.7. The van der Waals surface area contributed by atoms with Crippen LogP contribution in [0.3, 0.4) is 0 Å². The molecule has 0 aromatic rings. The van der Waals surface area contributed by atoms with E-state index < -0.39 is 0 Å². The van der Waals surface area contributed by atoms with Gasteiger partial charge in [-0.2, -0.15) is 0 Å². The number of rotatable bonds is 5. The molecule has 2 heteroatoms. The maximum Gasteiger partial charge on any atom is 0.139 e. The van der Waals surface area contributed by atoms with Crippen LogP contribution in [0.15, 0.2) is 11.6 Å². The molecule has 1 N–H and O–H groups in total. The Kier molecular flexibility index (Phi) is 5.76. The number of allylic oxidation sites excluding steroid dienone is 1. The summed E-state index contributed by atoms with van der Waals surface area (Å²) in [6.07, 6.45) is 10.00. The summed E-state index contributed by atoms with van der Waals surface area (Å²) in [5.74, 6) is 1.56. The summed E-state index contributed by atoms with van der Waals surface area (Å²) in [6, 6.07) is 0.